The number of aromatic nitrogens is 4. The van der Waals surface area contributed by atoms with E-state index in [-0.39, 0.29) is 11.2 Å². The van der Waals surface area contributed by atoms with Crippen LogP contribution in [0.3, 0.4) is 0 Å². The minimum Gasteiger partial charge on any atom is -0.364 e. The number of rotatable bonds is 3. The Kier molecular flexibility index (Phi) is 4.12. The number of hydrogen-bond donors (Lipinski definition) is 2. The van der Waals surface area contributed by atoms with Gasteiger partial charge in [0.1, 0.15) is 5.52 Å². The number of carbonyl (C=O) groups is 1. The number of benzene rings is 2. The molecule has 1 amide bonds. The van der Waals surface area contributed by atoms with Crippen LogP contribution >= 0.6 is 15.9 Å². The highest BCUT2D eigenvalue weighted by molar-refractivity contribution is 9.10. The van der Waals surface area contributed by atoms with Crippen LogP contribution in [0, 0.1) is 6.92 Å². The topological polar surface area (TPSA) is 107 Å². The summed E-state index contributed by atoms with van der Waals surface area (Å²) < 4.78 is 2.31. The number of primary amides is 1. The van der Waals surface area contributed by atoms with Crippen molar-refractivity contribution in [3.63, 3.8) is 0 Å². The highest BCUT2D eigenvalue weighted by Crippen LogP contribution is 2.23. The first-order valence-corrected chi connectivity index (χ1v) is 8.89. The molecular weight excluding hydrogens is 410 g/mol. The number of aryl methyl sites for hydroxylation is 1. The summed E-state index contributed by atoms with van der Waals surface area (Å²) in [6, 6.07) is 14.7. The molecule has 0 aliphatic heterocycles. The molecule has 7 nitrogen and oxygen atoms in total. The molecule has 0 fully saturated rings. The summed E-state index contributed by atoms with van der Waals surface area (Å²) in [7, 11) is 0. The predicted molar refractivity (Wildman–Crippen MR) is 106 cm³/mol. The monoisotopic (exact) mass is 423 g/mol. The quantitative estimate of drug-likeness (QED) is 0.527. The first-order valence-electron chi connectivity index (χ1n) is 8.09. The van der Waals surface area contributed by atoms with Gasteiger partial charge in [0.25, 0.3) is 5.91 Å². The zero-order valence-corrected chi connectivity index (χ0v) is 15.8. The van der Waals surface area contributed by atoms with E-state index in [1.165, 1.54) is 4.57 Å². The molecule has 4 rings (SSSR count). The highest BCUT2D eigenvalue weighted by atomic mass is 79.9. The lowest BCUT2D eigenvalue weighted by atomic mass is 10.2. The molecule has 0 saturated carbocycles. The predicted octanol–water partition coefficient (Wildman–Crippen LogP) is 2.95. The normalized spacial score (nSPS) is 11.0. The van der Waals surface area contributed by atoms with Gasteiger partial charge in [0.05, 0.1) is 5.69 Å². The first-order chi connectivity index (χ1) is 12.9. The maximum atomic E-state index is 12.6. The van der Waals surface area contributed by atoms with E-state index in [0.717, 1.165) is 10.0 Å². The van der Waals surface area contributed by atoms with Crippen LogP contribution in [0.15, 0.2) is 57.8 Å². The number of nitrogens with one attached hydrogen (secondary N) is 1. The van der Waals surface area contributed by atoms with Gasteiger partial charge in [-0.2, -0.15) is 0 Å². The molecule has 2 heterocycles. The van der Waals surface area contributed by atoms with Crippen molar-refractivity contribution >= 4 is 33.0 Å². The van der Waals surface area contributed by atoms with E-state index in [2.05, 4.69) is 30.9 Å². The Labute approximate surface area is 162 Å². The van der Waals surface area contributed by atoms with Crippen molar-refractivity contribution in [2.45, 2.75) is 6.92 Å². The third kappa shape index (κ3) is 3.04. The maximum absolute atomic E-state index is 12.6. The molecule has 8 heteroatoms. The summed E-state index contributed by atoms with van der Waals surface area (Å²) in [4.78, 5) is 36.0. The fraction of sp³-hybridized carbons (Fsp3) is 0.0526. The van der Waals surface area contributed by atoms with E-state index < -0.39 is 11.6 Å². The second kappa shape index (κ2) is 6.48. The molecule has 2 aromatic heterocycles. The summed E-state index contributed by atoms with van der Waals surface area (Å²) in [5.74, 6) is -0.429. The Morgan fingerprint density at radius 2 is 1.74 bits per heavy atom. The SMILES string of the molecule is Cc1ccc(-n2c(=O)[nH]c3c(C(N)=O)nc(-c4ccc(Br)cc4)nc32)cc1. The largest absolute Gasteiger partial charge is 0.364 e. The van der Waals surface area contributed by atoms with Gasteiger partial charge in [0.2, 0.25) is 0 Å². The lowest BCUT2D eigenvalue weighted by molar-refractivity contribution is 0.0997. The molecule has 4 aromatic rings. The number of nitrogens with two attached hydrogens (primary N) is 1. The summed E-state index contributed by atoms with van der Waals surface area (Å²) in [6.07, 6.45) is 0. The lowest BCUT2D eigenvalue weighted by Gasteiger charge is -2.07. The number of H-pyrrole nitrogens is 1. The van der Waals surface area contributed by atoms with Gasteiger partial charge >= 0.3 is 5.69 Å². The summed E-state index contributed by atoms with van der Waals surface area (Å²) in [6.45, 7) is 1.96. The summed E-state index contributed by atoms with van der Waals surface area (Å²) in [5, 5.41) is 0. The molecule has 3 N–H and O–H groups in total. The second-order valence-corrected chi connectivity index (χ2v) is 6.98. The van der Waals surface area contributed by atoms with E-state index in [1.807, 2.05) is 55.5 Å². The molecule has 2 aromatic carbocycles. The van der Waals surface area contributed by atoms with E-state index in [1.54, 1.807) is 0 Å². The van der Waals surface area contributed by atoms with Gasteiger partial charge in [0, 0.05) is 10.0 Å². The van der Waals surface area contributed by atoms with Crippen molar-refractivity contribution in [1.29, 1.82) is 0 Å². The Bertz CT molecular complexity index is 1220. The Morgan fingerprint density at radius 1 is 1.07 bits per heavy atom. The van der Waals surface area contributed by atoms with E-state index >= 15 is 0 Å². The first kappa shape index (κ1) is 17.2. The minimum absolute atomic E-state index is 0.0270. The van der Waals surface area contributed by atoms with Crippen molar-refractivity contribution in [3.05, 3.63) is 74.7 Å². The molecule has 0 aliphatic carbocycles. The van der Waals surface area contributed by atoms with Crippen LogP contribution in [0.25, 0.3) is 28.2 Å². The van der Waals surface area contributed by atoms with Crippen molar-refractivity contribution in [2.24, 2.45) is 5.73 Å². The van der Waals surface area contributed by atoms with Gasteiger partial charge in [-0.25, -0.2) is 19.3 Å². The number of carbonyl (C=O) groups excluding carboxylic acids is 1. The Balaban J connectivity index is 2.04. The standard InChI is InChI=1S/C19H14BrN5O2/c1-10-2-8-13(9-3-10)25-18-15(23-19(25)27)14(16(21)26)22-17(24-18)11-4-6-12(20)7-5-11/h2-9H,1H3,(H2,21,26)(H,23,27). The van der Waals surface area contributed by atoms with Crippen LogP contribution in [-0.2, 0) is 0 Å². The highest BCUT2D eigenvalue weighted by Gasteiger charge is 2.20. The number of imidazole rings is 1. The molecule has 0 radical (unpaired) electrons. The molecule has 27 heavy (non-hydrogen) atoms. The van der Waals surface area contributed by atoms with Crippen molar-refractivity contribution in [2.75, 3.05) is 0 Å². The van der Waals surface area contributed by atoms with E-state index in [9.17, 15) is 9.59 Å². The van der Waals surface area contributed by atoms with Crippen LogP contribution in [0.2, 0.25) is 0 Å². The van der Waals surface area contributed by atoms with Crippen LogP contribution in [0.5, 0.6) is 0 Å². The molecule has 0 bridgehead atoms. The zero-order chi connectivity index (χ0) is 19.1. The van der Waals surface area contributed by atoms with Crippen LogP contribution in [-0.4, -0.2) is 25.4 Å². The molecule has 0 atom stereocenters. The Hall–Kier alpha value is -3.26. The summed E-state index contributed by atoms with van der Waals surface area (Å²) >= 11 is 3.38. The fourth-order valence-corrected chi connectivity index (χ4v) is 3.09. The van der Waals surface area contributed by atoms with E-state index in [4.69, 9.17) is 5.73 Å². The third-order valence-corrected chi connectivity index (χ3v) is 4.69. The number of nitrogens with zero attached hydrogens (tertiary/aromatic N) is 3. The summed E-state index contributed by atoms with van der Waals surface area (Å²) in [5.41, 5.74) is 7.97. The van der Waals surface area contributed by atoms with E-state index in [0.29, 0.717) is 22.7 Å². The van der Waals surface area contributed by atoms with Gasteiger partial charge in [-0.05, 0) is 31.2 Å². The average Bonchev–Trinajstić information content (AvgIpc) is 2.98. The molecule has 0 unspecified atom stereocenters. The van der Waals surface area contributed by atoms with Gasteiger partial charge in [0.15, 0.2) is 17.2 Å². The van der Waals surface area contributed by atoms with Crippen LogP contribution in [0.1, 0.15) is 16.1 Å². The van der Waals surface area contributed by atoms with Gasteiger partial charge in [-0.3, -0.25) is 4.79 Å². The Morgan fingerprint density at radius 3 is 2.37 bits per heavy atom. The molecule has 0 saturated heterocycles. The van der Waals surface area contributed by atoms with Crippen molar-refractivity contribution in [1.82, 2.24) is 19.5 Å². The number of fused-ring (bicyclic) bond motifs is 1. The lowest BCUT2D eigenvalue weighted by Crippen LogP contribution is -2.15. The smallest absolute Gasteiger partial charge is 0.332 e. The number of aromatic amines is 1. The van der Waals surface area contributed by atoms with Crippen LogP contribution < -0.4 is 11.4 Å². The molecule has 134 valence electrons. The third-order valence-electron chi connectivity index (χ3n) is 4.16. The fourth-order valence-electron chi connectivity index (χ4n) is 2.82. The van der Waals surface area contributed by atoms with Gasteiger partial charge < -0.3 is 10.7 Å². The van der Waals surface area contributed by atoms with Crippen molar-refractivity contribution in [3.8, 4) is 17.1 Å². The minimum atomic E-state index is -0.738. The van der Waals surface area contributed by atoms with Gasteiger partial charge in [-0.15, -0.1) is 0 Å². The zero-order valence-electron chi connectivity index (χ0n) is 14.2. The van der Waals surface area contributed by atoms with Gasteiger partial charge in [-0.1, -0.05) is 45.8 Å². The number of halogens is 1. The number of amides is 1. The molecule has 0 aliphatic rings. The van der Waals surface area contributed by atoms with Crippen LogP contribution in [0.4, 0.5) is 0 Å². The second-order valence-electron chi connectivity index (χ2n) is 6.07. The molecule has 0 spiro atoms. The van der Waals surface area contributed by atoms with Crippen molar-refractivity contribution < 1.29 is 4.79 Å². The number of hydrogen-bond acceptors (Lipinski definition) is 4. The average molecular weight is 424 g/mol. The maximum Gasteiger partial charge on any atom is 0.332 e. The molecular formula is C19H14BrN5O2.